The Hall–Kier alpha value is -11.4. The van der Waals surface area contributed by atoms with Crippen LogP contribution in [-0.2, 0) is 10.8 Å². The first-order chi connectivity index (χ1) is 44.6. The van der Waals surface area contributed by atoms with Crippen LogP contribution in [0.2, 0.25) is 0 Å². The molecule has 90 heavy (non-hydrogen) atoms. The van der Waals surface area contributed by atoms with Crippen molar-refractivity contribution >= 4 is 33.2 Å². The van der Waals surface area contributed by atoms with Crippen LogP contribution < -0.4 is 0 Å². The van der Waals surface area contributed by atoms with Gasteiger partial charge in [0.1, 0.15) is 0 Å². The van der Waals surface area contributed by atoms with E-state index in [-0.39, 0.29) is 0 Å². The molecule has 0 radical (unpaired) electrons. The van der Waals surface area contributed by atoms with Crippen LogP contribution in [0.1, 0.15) is 61.2 Å². The van der Waals surface area contributed by atoms with Crippen LogP contribution in [0.4, 0.5) is 0 Å². The van der Waals surface area contributed by atoms with Gasteiger partial charge >= 0.3 is 0 Å². The molecule has 0 heteroatoms. The van der Waals surface area contributed by atoms with Crippen LogP contribution in [0.25, 0.3) is 122 Å². The normalized spacial score (nSPS) is 13.5. The summed E-state index contributed by atoms with van der Waals surface area (Å²) in [6.07, 6.45) is 2.33. The molecule has 0 saturated heterocycles. The highest BCUT2D eigenvalue weighted by atomic mass is 14.5. The SMILES string of the molecule is C(=C(c1ccccc1)c1ccccc1)c1ccc(-c2c3ccccc3c(-c3cc(-c4ccc5c(c4)C4(c6ccccc6-c6ccccc64)c4ccccc4-5)cc(-c4ccc5c(c4)C4(c6ccccc6-c6ccccc64)c4ccccc4-5)c3)c3ccccc23)cc1. The fraction of sp³-hybridized carbons (Fsp3) is 0.0222. The van der Waals surface area contributed by atoms with Gasteiger partial charge in [-0.1, -0.05) is 303 Å². The quantitative estimate of drug-likeness (QED) is 0.110. The largest absolute Gasteiger partial charge is 0.0725 e. The first-order valence-electron chi connectivity index (χ1n) is 31.5. The van der Waals surface area contributed by atoms with E-state index in [1.807, 2.05) is 0 Å². The standard InChI is InChI=1S/C90H56/c1-3-23-58(24-4-1)78(59-25-5-2-6-26-59)51-57-43-45-60(46-44-57)87-74-33-7-9-35-76(74)88(77-36-10-8-34-75(77)87)65-53-63(61-47-49-72-70-31-15-21-41-83(70)89(85(72)55-61)79-37-17-11-27-66(79)67-28-12-18-38-80(67)89)52-64(54-65)62-48-50-73-71-32-16-22-42-84(71)90(86(73)56-62)81-39-19-13-29-68(81)69-30-14-20-40-82(69)90/h1-56H. The highest BCUT2D eigenvalue weighted by molar-refractivity contribution is 6.22. The van der Waals surface area contributed by atoms with E-state index in [0.717, 1.165) is 5.56 Å². The summed E-state index contributed by atoms with van der Waals surface area (Å²) in [6, 6.07) is 126. The maximum atomic E-state index is 2.55. The molecule has 0 saturated carbocycles. The van der Waals surface area contributed by atoms with Gasteiger partial charge in [-0.25, -0.2) is 0 Å². The van der Waals surface area contributed by atoms with Gasteiger partial charge < -0.3 is 0 Å². The van der Waals surface area contributed by atoms with Crippen molar-refractivity contribution in [1.82, 2.24) is 0 Å². The molecule has 0 fully saturated rings. The minimum atomic E-state index is -0.477. The molecule has 4 aliphatic rings. The molecule has 416 valence electrons. The Balaban J connectivity index is 0.842. The highest BCUT2D eigenvalue weighted by Gasteiger charge is 2.53. The minimum Gasteiger partial charge on any atom is -0.0622 e. The lowest BCUT2D eigenvalue weighted by Crippen LogP contribution is -2.25. The maximum Gasteiger partial charge on any atom is 0.0725 e. The first-order valence-corrected chi connectivity index (χ1v) is 31.5. The van der Waals surface area contributed by atoms with Crippen molar-refractivity contribution in [3.8, 4) is 89.0 Å². The Morgan fingerprint density at radius 3 is 0.833 bits per heavy atom. The molecule has 2 spiro atoms. The second-order valence-electron chi connectivity index (χ2n) is 24.8. The van der Waals surface area contributed by atoms with E-state index in [4.69, 9.17) is 0 Å². The van der Waals surface area contributed by atoms with Gasteiger partial charge in [0.25, 0.3) is 0 Å². The van der Waals surface area contributed by atoms with Gasteiger partial charge in [0, 0.05) is 0 Å². The minimum absolute atomic E-state index is 0.477. The predicted molar refractivity (Wildman–Crippen MR) is 376 cm³/mol. The smallest absolute Gasteiger partial charge is 0.0622 e. The molecule has 0 atom stereocenters. The molecule has 0 bridgehead atoms. The van der Waals surface area contributed by atoms with Gasteiger partial charge in [-0.15, -0.1) is 0 Å². The van der Waals surface area contributed by atoms with Gasteiger partial charge in [-0.3, -0.25) is 0 Å². The molecule has 0 aliphatic heterocycles. The number of benzene rings is 15. The number of hydrogen-bond acceptors (Lipinski definition) is 0. The van der Waals surface area contributed by atoms with Crippen molar-refractivity contribution in [2.45, 2.75) is 10.8 Å². The molecular weight excluding hydrogens is 1080 g/mol. The molecule has 19 rings (SSSR count). The zero-order valence-corrected chi connectivity index (χ0v) is 49.3. The summed E-state index contributed by atoms with van der Waals surface area (Å²) in [5, 5.41) is 4.89. The first kappa shape index (κ1) is 50.7. The number of hydrogen-bond donors (Lipinski definition) is 0. The molecule has 0 nitrogen and oxygen atoms in total. The van der Waals surface area contributed by atoms with Gasteiger partial charge in [0.15, 0.2) is 0 Å². The third kappa shape index (κ3) is 7.07. The molecule has 0 aromatic heterocycles. The molecule has 4 aliphatic carbocycles. The van der Waals surface area contributed by atoms with Crippen LogP contribution in [-0.4, -0.2) is 0 Å². The Labute approximate surface area is 524 Å². The second-order valence-corrected chi connectivity index (χ2v) is 24.8. The fourth-order valence-electron chi connectivity index (χ4n) is 16.9. The summed E-state index contributed by atoms with van der Waals surface area (Å²) < 4.78 is 0. The van der Waals surface area contributed by atoms with Crippen molar-refractivity contribution in [2.24, 2.45) is 0 Å². The van der Waals surface area contributed by atoms with Crippen LogP contribution in [0.5, 0.6) is 0 Å². The van der Waals surface area contributed by atoms with E-state index in [1.165, 1.54) is 172 Å². The van der Waals surface area contributed by atoms with Gasteiger partial charge in [-0.2, -0.15) is 0 Å². The number of rotatable bonds is 7. The topological polar surface area (TPSA) is 0 Å². The van der Waals surface area contributed by atoms with E-state index < -0.39 is 10.8 Å². The molecule has 0 N–H and O–H groups in total. The summed E-state index contributed by atoms with van der Waals surface area (Å²) in [5.41, 5.74) is 34.5. The average Bonchev–Trinajstić information content (AvgIpc) is 1.52. The second kappa shape index (κ2) is 19.5. The molecular formula is C90H56. The van der Waals surface area contributed by atoms with E-state index in [2.05, 4.69) is 340 Å². The zero-order chi connectivity index (χ0) is 59.1. The third-order valence-corrected chi connectivity index (χ3v) is 20.5. The van der Waals surface area contributed by atoms with Crippen LogP contribution >= 0.6 is 0 Å². The van der Waals surface area contributed by atoms with Gasteiger partial charge in [0.05, 0.1) is 10.8 Å². The Kier molecular flexibility index (Phi) is 11.0. The summed E-state index contributed by atoms with van der Waals surface area (Å²) >= 11 is 0. The lowest BCUT2D eigenvalue weighted by Gasteiger charge is -2.31. The molecule has 0 heterocycles. The van der Waals surface area contributed by atoms with Crippen molar-refractivity contribution < 1.29 is 0 Å². The van der Waals surface area contributed by atoms with E-state index in [1.54, 1.807) is 0 Å². The summed E-state index contributed by atoms with van der Waals surface area (Å²) in [5.74, 6) is 0. The third-order valence-electron chi connectivity index (χ3n) is 20.5. The average molecular weight is 1140 g/mol. The Bertz CT molecular complexity index is 5090. The lowest BCUT2D eigenvalue weighted by molar-refractivity contribution is 0.794. The van der Waals surface area contributed by atoms with Gasteiger partial charge in [-0.05, 0) is 214 Å². The molecule has 15 aromatic rings. The fourth-order valence-corrected chi connectivity index (χ4v) is 16.9. The lowest BCUT2D eigenvalue weighted by atomic mass is 9.70. The Morgan fingerprint density at radius 1 is 0.200 bits per heavy atom. The molecule has 15 aromatic carbocycles. The van der Waals surface area contributed by atoms with Crippen molar-refractivity contribution in [3.05, 3.63) is 395 Å². The van der Waals surface area contributed by atoms with E-state index >= 15 is 0 Å². The predicted octanol–water partition coefficient (Wildman–Crippen LogP) is 22.9. The van der Waals surface area contributed by atoms with E-state index in [9.17, 15) is 0 Å². The van der Waals surface area contributed by atoms with Gasteiger partial charge in [0.2, 0.25) is 0 Å². The van der Waals surface area contributed by atoms with Crippen LogP contribution in [0.3, 0.4) is 0 Å². The summed E-state index contributed by atoms with van der Waals surface area (Å²) in [4.78, 5) is 0. The Morgan fingerprint density at radius 2 is 0.478 bits per heavy atom. The van der Waals surface area contributed by atoms with Crippen LogP contribution in [0.15, 0.2) is 334 Å². The monoisotopic (exact) mass is 1140 g/mol. The maximum absolute atomic E-state index is 2.55. The van der Waals surface area contributed by atoms with Crippen molar-refractivity contribution in [2.75, 3.05) is 0 Å². The summed E-state index contributed by atoms with van der Waals surface area (Å²) in [6.45, 7) is 0. The zero-order valence-electron chi connectivity index (χ0n) is 49.3. The number of fused-ring (bicyclic) bond motifs is 22. The molecule has 0 amide bonds. The summed E-state index contributed by atoms with van der Waals surface area (Å²) in [7, 11) is 0. The van der Waals surface area contributed by atoms with Crippen molar-refractivity contribution in [3.63, 3.8) is 0 Å². The van der Waals surface area contributed by atoms with Crippen LogP contribution in [0, 0.1) is 0 Å². The highest BCUT2D eigenvalue weighted by Crippen LogP contribution is 2.65. The van der Waals surface area contributed by atoms with E-state index in [0.29, 0.717) is 0 Å². The van der Waals surface area contributed by atoms with Crippen molar-refractivity contribution in [1.29, 1.82) is 0 Å². The molecule has 0 unspecified atom stereocenters.